The molecular formula is C18H21BrN2O7S. The largest absolute Gasteiger partial charge is 0.464 e. The van der Waals surface area contributed by atoms with Gasteiger partial charge < -0.3 is 18.6 Å². The van der Waals surface area contributed by atoms with Crippen molar-refractivity contribution in [2.24, 2.45) is 0 Å². The molecule has 0 radical (unpaired) electrons. The van der Waals surface area contributed by atoms with Gasteiger partial charge in [-0.3, -0.25) is 4.79 Å². The molecule has 0 saturated carbocycles. The number of carbonyl (C=O) groups excluding carboxylic acids is 1. The van der Waals surface area contributed by atoms with Crippen LogP contribution in [0.1, 0.15) is 36.1 Å². The number of halogens is 1. The van der Waals surface area contributed by atoms with Gasteiger partial charge in [0.1, 0.15) is 10.7 Å². The number of ether oxygens (including phenoxy) is 2. The molecule has 0 unspecified atom stereocenters. The molecule has 11 heteroatoms. The molecule has 0 spiro atoms. The van der Waals surface area contributed by atoms with Gasteiger partial charge in [0, 0.05) is 17.5 Å². The number of benzene rings is 1. The number of nitrogens with zero attached hydrogens (tertiary/aromatic N) is 1. The number of carbonyl (C=O) groups is 1. The van der Waals surface area contributed by atoms with Crippen molar-refractivity contribution in [3.8, 4) is 5.75 Å². The van der Waals surface area contributed by atoms with Crippen LogP contribution < -0.4 is 9.74 Å². The van der Waals surface area contributed by atoms with E-state index in [1.165, 1.54) is 24.3 Å². The van der Waals surface area contributed by atoms with E-state index in [0.29, 0.717) is 11.1 Å². The molecule has 0 atom stereocenters. The molecule has 1 aromatic heterocycles. The maximum atomic E-state index is 12.5. The third-order valence-electron chi connectivity index (χ3n) is 3.73. The Labute approximate surface area is 176 Å². The van der Waals surface area contributed by atoms with Gasteiger partial charge in [0.2, 0.25) is 5.75 Å². The van der Waals surface area contributed by atoms with Crippen LogP contribution >= 0.6 is 15.9 Å². The van der Waals surface area contributed by atoms with Crippen molar-refractivity contribution in [1.82, 2.24) is 9.97 Å². The van der Waals surface area contributed by atoms with Gasteiger partial charge in [-0.15, -0.1) is 0 Å². The third-order valence-corrected chi connectivity index (χ3v) is 5.49. The summed E-state index contributed by atoms with van der Waals surface area (Å²) in [6.45, 7) is 2.88. The first-order chi connectivity index (χ1) is 13.8. The molecule has 1 N–H and O–H groups in total. The topological polar surface area (TPSA) is 125 Å². The summed E-state index contributed by atoms with van der Waals surface area (Å²) in [4.78, 5) is 30.7. The van der Waals surface area contributed by atoms with Gasteiger partial charge in [0.25, 0.3) is 5.56 Å². The Morgan fingerprint density at radius 2 is 1.90 bits per heavy atom. The molecule has 2 aromatic rings. The van der Waals surface area contributed by atoms with Crippen LogP contribution in [0.15, 0.2) is 38.4 Å². The molecule has 0 aliphatic heterocycles. The Balaban J connectivity index is 2.32. The highest BCUT2D eigenvalue weighted by molar-refractivity contribution is 9.10. The van der Waals surface area contributed by atoms with Crippen molar-refractivity contribution < 1.29 is 26.9 Å². The number of H-pyrrole nitrogens is 1. The van der Waals surface area contributed by atoms with Crippen molar-refractivity contribution in [3.05, 3.63) is 50.6 Å². The van der Waals surface area contributed by atoms with Gasteiger partial charge in [0.05, 0.1) is 13.7 Å². The fraction of sp³-hybridized carbons (Fsp3) is 0.389. The number of aromatic amines is 1. The fourth-order valence-corrected chi connectivity index (χ4v) is 3.42. The van der Waals surface area contributed by atoms with Crippen molar-refractivity contribution in [2.45, 2.75) is 31.1 Å². The first kappa shape index (κ1) is 23.0. The van der Waals surface area contributed by atoms with Gasteiger partial charge in [-0.2, -0.15) is 8.42 Å². The monoisotopic (exact) mass is 488 g/mol. The Morgan fingerprint density at radius 3 is 2.52 bits per heavy atom. The lowest BCUT2D eigenvalue weighted by Gasteiger charge is -2.11. The average Bonchev–Trinajstić information content (AvgIpc) is 2.69. The van der Waals surface area contributed by atoms with Gasteiger partial charge in [-0.25, -0.2) is 9.78 Å². The summed E-state index contributed by atoms with van der Waals surface area (Å²) in [6, 6.07) is 5.59. The molecule has 0 saturated heterocycles. The molecule has 0 aliphatic carbocycles. The molecule has 1 heterocycles. The number of hydrogen-bond acceptors (Lipinski definition) is 8. The van der Waals surface area contributed by atoms with Gasteiger partial charge in [-0.1, -0.05) is 29.3 Å². The standard InChI is InChI=1S/C18H21BrN2O7S/c1-3-4-10-27-11-9-14-20-15(18(23)26-2)16(17(22)21-14)28-29(24,25)13-7-5-12(19)6-8-13/h5-8H,3-4,9-11H2,1-2H3,(H,20,21,22). The van der Waals surface area contributed by atoms with Crippen LogP contribution in [0, 0.1) is 0 Å². The lowest BCUT2D eigenvalue weighted by atomic mass is 10.3. The summed E-state index contributed by atoms with van der Waals surface area (Å²) < 4.78 is 40.6. The van der Waals surface area contributed by atoms with Crippen LogP contribution in [0.25, 0.3) is 0 Å². The van der Waals surface area contributed by atoms with Crippen LogP contribution in [0.5, 0.6) is 5.75 Å². The molecule has 9 nitrogen and oxygen atoms in total. The molecule has 2 rings (SSSR count). The van der Waals surface area contributed by atoms with Gasteiger partial charge in [0.15, 0.2) is 5.69 Å². The first-order valence-corrected chi connectivity index (χ1v) is 11.0. The summed E-state index contributed by atoms with van der Waals surface area (Å²) >= 11 is 3.20. The Morgan fingerprint density at radius 1 is 1.21 bits per heavy atom. The minimum Gasteiger partial charge on any atom is -0.464 e. The second-order valence-corrected chi connectivity index (χ2v) is 8.35. The third kappa shape index (κ3) is 6.38. The SMILES string of the molecule is CCCCOCCc1nc(C(=O)OC)c(OS(=O)(=O)c2ccc(Br)cc2)c(=O)[nH]1. The van der Waals surface area contributed by atoms with Crippen LogP contribution in [-0.2, 0) is 26.0 Å². The molecule has 0 bridgehead atoms. The smallest absolute Gasteiger partial charge is 0.360 e. The van der Waals surface area contributed by atoms with Crippen LogP contribution in [-0.4, -0.2) is 44.7 Å². The van der Waals surface area contributed by atoms with Crippen LogP contribution in [0.3, 0.4) is 0 Å². The van der Waals surface area contributed by atoms with Crippen LogP contribution in [0.4, 0.5) is 0 Å². The second-order valence-electron chi connectivity index (χ2n) is 5.89. The summed E-state index contributed by atoms with van der Waals surface area (Å²) in [5, 5.41) is 0. The quantitative estimate of drug-likeness (QED) is 0.307. The van der Waals surface area contributed by atoms with Gasteiger partial charge >= 0.3 is 16.1 Å². The molecule has 0 aliphatic rings. The minimum atomic E-state index is -4.37. The summed E-state index contributed by atoms with van der Waals surface area (Å²) in [7, 11) is -3.28. The molecule has 0 fully saturated rings. The molecule has 0 amide bonds. The number of hydrogen-bond donors (Lipinski definition) is 1. The zero-order valence-electron chi connectivity index (χ0n) is 15.9. The van der Waals surface area contributed by atoms with E-state index in [1.54, 1.807) is 0 Å². The van der Waals surface area contributed by atoms with Crippen molar-refractivity contribution in [3.63, 3.8) is 0 Å². The molecule has 1 aromatic carbocycles. The number of unbranched alkanes of at least 4 members (excludes halogenated alkanes) is 1. The Bertz CT molecular complexity index is 1000. The van der Waals surface area contributed by atoms with E-state index >= 15 is 0 Å². The van der Waals surface area contributed by atoms with E-state index < -0.39 is 33.1 Å². The number of aromatic nitrogens is 2. The normalized spacial score (nSPS) is 11.3. The zero-order chi connectivity index (χ0) is 21.4. The molecule has 29 heavy (non-hydrogen) atoms. The number of nitrogens with one attached hydrogen (secondary N) is 1. The number of esters is 1. The maximum Gasteiger partial charge on any atom is 0.360 e. The van der Waals surface area contributed by atoms with E-state index in [2.05, 4.69) is 30.6 Å². The van der Waals surface area contributed by atoms with Crippen molar-refractivity contribution in [2.75, 3.05) is 20.3 Å². The Hall–Kier alpha value is -2.24. The van der Waals surface area contributed by atoms with E-state index in [4.69, 9.17) is 8.92 Å². The summed E-state index contributed by atoms with van der Waals surface area (Å²) in [5.74, 6) is -1.60. The number of methoxy groups -OCH3 is 1. The van der Waals surface area contributed by atoms with E-state index in [0.717, 1.165) is 20.0 Å². The van der Waals surface area contributed by atoms with Crippen LogP contribution in [0.2, 0.25) is 0 Å². The van der Waals surface area contributed by atoms with Gasteiger partial charge in [-0.05, 0) is 30.7 Å². The van der Waals surface area contributed by atoms with E-state index in [1.807, 2.05) is 6.92 Å². The van der Waals surface area contributed by atoms with E-state index in [-0.39, 0.29) is 23.7 Å². The zero-order valence-corrected chi connectivity index (χ0v) is 18.3. The second kappa shape index (κ2) is 10.5. The average molecular weight is 489 g/mol. The highest BCUT2D eigenvalue weighted by Crippen LogP contribution is 2.20. The lowest BCUT2D eigenvalue weighted by molar-refractivity contribution is 0.0590. The van der Waals surface area contributed by atoms with Crippen molar-refractivity contribution in [1.29, 1.82) is 0 Å². The maximum absolute atomic E-state index is 12.5. The minimum absolute atomic E-state index is 0.153. The highest BCUT2D eigenvalue weighted by atomic mass is 79.9. The van der Waals surface area contributed by atoms with Crippen molar-refractivity contribution >= 4 is 32.0 Å². The highest BCUT2D eigenvalue weighted by Gasteiger charge is 2.26. The molecule has 158 valence electrons. The predicted molar refractivity (Wildman–Crippen MR) is 108 cm³/mol. The Kier molecular flexibility index (Phi) is 8.35. The summed E-state index contributed by atoms with van der Waals surface area (Å²) in [5.41, 5.74) is -1.44. The predicted octanol–water partition coefficient (Wildman–Crippen LogP) is 2.45. The lowest BCUT2D eigenvalue weighted by Crippen LogP contribution is -2.24. The number of rotatable bonds is 10. The fourth-order valence-electron chi connectivity index (χ4n) is 2.22. The molecular weight excluding hydrogens is 468 g/mol. The summed E-state index contributed by atoms with van der Waals surface area (Å²) in [6.07, 6.45) is 2.11. The first-order valence-electron chi connectivity index (χ1n) is 8.77. The van der Waals surface area contributed by atoms with E-state index in [9.17, 15) is 18.0 Å².